The number of amides is 2. The summed E-state index contributed by atoms with van der Waals surface area (Å²) in [4.78, 5) is 23.8. The van der Waals surface area contributed by atoms with Crippen molar-refractivity contribution in [2.24, 2.45) is 0 Å². The molecule has 4 heteroatoms. The van der Waals surface area contributed by atoms with Crippen molar-refractivity contribution < 1.29 is 9.59 Å². The van der Waals surface area contributed by atoms with Gasteiger partial charge in [0, 0.05) is 32.3 Å². The van der Waals surface area contributed by atoms with Crippen LogP contribution >= 0.6 is 0 Å². The average Bonchev–Trinajstić information content (AvgIpc) is 2.17. The molecule has 0 bridgehead atoms. The summed E-state index contributed by atoms with van der Waals surface area (Å²) in [6, 6.07) is 6.79. The molecule has 15 heavy (non-hydrogen) atoms. The van der Waals surface area contributed by atoms with Crippen molar-refractivity contribution in [3.05, 3.63) is 29.8 Å². The number of carbonyl (C=O) groups is 2. The van der Waals surface area contributed by atoms with Crippen LogP contribution in [0.1, 0.15) is 17.3 Å². The minimum Gasteiger partial charge on any atom is -0.345 e. The number of hydrogen-bond acceptors (Lipinski definition) is 2. The molecule has 1 N–H and O–H groups in total. The molecule has 1 aromatic carbocycles. The fourth-order valence-electron chi connectivity index (χ4n) is 1.16. The maximum absolute atomic E-state index is 11.5. The molecule has 0 aliphatic heterocycles. The molecule has 0 aliphatic carbocycles. The topological polar surface area (TPSA) is 49.4 Å². The van der Waals surface area contributed by atoms with Crippen molar-refractivity contribution in [3.63, 3.8) is 0 Å². The molecule has 0 saturated carbocycles. The SMILES string of the molecule is CC(=O)Nc1ccc(C(=O)N(C)C)cc1. The first-order chi connectivity index (χ1) is 7.00. The highest BCUT2D eigenvalue weighted by Crippen LogP contribution is 2.10. The van der Waals surface area contributed by atoms with Crippen molar-refractivity contribution in [1.29, 1.82) is 0 Å². The van der Waals surface area contributed by atoms with Gasteiger partial charge in [-0.25, -0.2) is 0 Å². The van der Waals surface area contributed by atoms with Crippen molar-refractivity contribution in [3.8, 4) is 0 Å². The van der Waals surface area contributed by atoms with Gasteiger partial charge in [0.1, 0.15) is 0 Å². The van der Waals surface area contributed by atoms with Crippen LogP contribution in [0.5, 0.6) is 0 Å². The second kappa shape index (κ2) is 4.59. The second-order valence-corrected chi connectivity index (χ2v) is 3.46. The average molecular weight is 206 g/mol. The lowest BCUT2D eigenvalue weighted by atomic mass is 10.2. The molecule has 0 spiro atoms. The van der Waals surface area contributed by atoms with Crippen molar-refractivity contribution in [2.45, 2.75) is 6.92 Å². The number of rotatable bonds is 2. The third-order valence-corrected chi connectivity index (χ3v) is 1.86. The van der Waals surface area contributed by atoms with Crippen LogP contribution in [0.4, 0.5) is 5.69 Å². The molecule has 2 amide bonds. The lowest BCUT2D eigenvalue weighted by Gasteiger charge is -2.10. The molecule has 4 nitrogen and oxygen atoms in total. The lowest BCUT2D eigenvalue weighted by molar-refractivity contribution is -0.114. The summed E-state index contributed by atoms with van der Waals surface area (Å²) >= 11 is 0. The summed E-state index contributed by atoms with van der Waals surface area (Å²) in [5.74, 6) is -0.175. The molecule has 1 rings (SSSR count). The number of nitrogens with zero attached hydrogens (tertiary/aromatic N) is 1. The summed E-state index contributed by atoms with van der Waals surface area (Å²) in [6.07, 6.45) is 0. The highest BCUT2D eigenvalue weighted by molar-refractivity contribution is 5.95. The summed E-state index contributed by atoms with van der Waals surface area (Å²) < 4.78 is 0. The van der Waals surface area contributed by atoms with Gasteiger partial charge in [-0.3, -0.25) is 9.59 Å². The molecule has 0 aliphatic rings. The van der Waals surface area contributed by atoms with Gasteiger partial charge in [-0.1, -0.05) is 0 Å². The largest absolute Gasteiger partial charge is 0.345 e. The van der Waals surface area contributed by atoms with Crippen LogP contribution in [0.2, 0.25) is 0 Å². The van der Waals surface area contributed by atoms with Gasteiger partial charge in [-0.2, -0.15) is 0 Å². The van der Waals surface area contributed by atoms with E-state index in [0.717, 1.165) is 0 Å². The predicted octanol–water partition coefficient (Wildman–Crippen LogP) is 1.35. The maximum Gasteiger partial charge on any atom is 0.253 e. The Morgan fingerprint density at radius 2 is 1.67 bits per heavy atom. The van der Waals surface area contributed by atoms with E-state index in [4.69, 9.17) is 0 Å². The number of nitrogens with one attached hydrogen (secondary N) is 1. The third kappa shape index (κ3) is 3.09. The van der Waals surface area contributed by atoms with E-state index in [1.54, 1.807) is 38.4 Å². The first-order valence-corrected chi connectivity index (χ1v) is 4.60. The van der Waals surface area contributed by atoms with Gasteiger partial charge in [-0.15, -0.1) is 0 Å². The first kappa shape index (κ1) is 11.2. The normalized spacial score (nSPS) is 9.53. The van der Waals surface area contributed by atoms with Crippen LogP contribution in [0, 0.1) is 0 Å². The van der Waals surface area contributed by atoms with Crippen LogP contribution in [0.25, 0.3) is 0 Å². The van der Waals surface area contributed by atoms with E-state index in [1.165, 1.54) is 11.8 Å². The van der Waals surface area contributed by atoms with Gasteiger partial charge >= 0.3 is 0 Å². The molecule has 0 aromatic heterocycles. The van der Waals surface area contributed by atoms with E-state index >= 15 is 0 Å². The Hall–Kier alpha value is -1.84. The molecule has 0 radical (unpaired) electrons. The van der Waals surface area contributed by atoms with Gasteiger partial charge in [0.25, 0.3) is 5.91 Å². The standard InChI is InChI=1S/C11H14N2O2/c1-8(14)12-10-6-4-9(5-7-10)11(15)13(2)3/h4-7H,1-3H3,(H,12,14). The lowest BCUT2D eigenvalue weighted by Crippen LogP contribution is -2.21. The molecule has 0 unspecified atom stereocenters. The molecule has 0 heterocycles. The predicted molar refractivity (Wildman–Crippen MR) is 58.8 cm³/mol. The van der Waals surface area contributed by atoms with Crippen LogP contribution in [0.15, 0.2) is 24.3 Å². The van der Waals surface area contributed by atoms with Crippen LogP contribution in [0.3, 0.4) is 0 Å². The van der Waals surface area contributed by atoms with E-state index in [9.17, 15) is 9.59 Å². The highest BCUT2D eigenvalue weighted by atomic mass is 16.2. The van der Waals surface area contributed by atoms with Crippen molar-refractivity contribution in [1.82, 2.24) is 4.90 Å². The Morgan fingerprint density at radius 3 is 2.07 bits per heavy atom. The van der Waals surface area contributed by atoms with Gasteiger partial charge in [0.05, 0.1) is 0 Å². The molecular weight excluding hydrogens is 192 g/mol. The van der Waals surface area contributed by atoms with Gasteiger partial charge in [0.15, 0.2) is 0 Å². The number of benzene rings is 1. The monoisotopic (exact) mass is 206 g/mol. The Kier molecular flexibility index (Phi) is 3.44. The Bertz CT molecular complexity index is 369. The zero-order valence-corrected chi connectivity index (χ0v) is 9.07. The van der Waals surface area contributed by atoms with Gasteiger partial charge in [0.2, 0.25) is 5.91 Å². The quantitative estimate of drug-likeness (QED) is 0.794. The molecule has 1 aromatic rings. The minimum atomic E-state index is -0.123. The van der Waals surface area contributed by atoms with Gasteiger partial charge < -0.3 is 10.2 Å². The van der Waals surface area contributed by atoms with E-state index in [0.29, 0.717) is 11.3 Å². The first-order valence-electron chi connectivity index (χ1n) is 4.60. The number of anilines is 1. The van der Waals surface area contributed by atoms with Crippen LogP contribution in [-0.2, 0) is 4.79 Å². The zero-order valence-electron chi connectivity index (χ0n) is 9.07. The minimum absolute atomic E-state index is 0.0515. The molecular formula is C11H14N2O2. The smallest absolute Gasteiger partial charge is 0.253 e. The number of hydrogen-bond donors (Lipinski definition) is 1. The summed E-state index contributed by atoms with van der Waals surface area (Å²) in [7, 11) is 3.40. The van der Waals surface area contributed by atoms with Gasteiger partial charge in [-0.05, 0) is 24.3 Å². The van der Waals surface area contributed by atoms with E-state index in [-0.39, 0.29) is 11.8 Å². The Morgan fingerprint density at radius 1 is 1.13 bits per heavy atom. The molecule has 0 saturated heterocycles. The fraction of sp³-hybridized carbons (Fsp3) is 0.273. The van der Waals surface area contributed by atoms with E-state index in [2.05, 4.69) is 5.32 Å². The van der Waals surface area contributed by atoms with E-state index in [1.807, 2.05) is 0 Å². The van der Waals surface area contributed by atoms with Crippen LogP contribution < -0.4 is 5.32 Å². The van der Waals surface area contributed by atoms with Crippen LogP contribution in [-0.4, -0.2) is 30.8 Å². The summed E-state index contributed by atoms with van der Waals surface area (Å²) in [5.41, 5.74) is 1.30. The molecule has 80 valence electrons. The fourth-order valence-corrected chi connectivity index (χ4v) is 1.16. The summed E-state index contributed by atoms with van der Waals surface area (Å²) in [6.45, 7) is 1.44. The zero-order chi connectivity index (χ0) is 11.4. The molecule has 0 fully saturated rings. The van der Waals surface area contributed by atoms with Crippen molar-refractivity contribution in [2.75, 3.05) is 19.4 Å². The van der Waals surface area contributed by atoms with Crippen molar-refractivity contribution >= 4 is 17.5 Å². The van der Waals surface area contributed by atoms with E-state index < -0.39 is 0 Å². The Labute approximate surface area is 88.9 Å². The Balaban J connectivity index is 2.81. The number of carbonyl (C=O) groups excluding carboxylic acids is 2. The highest BCUT2D eigenvalue weighted by Gasteiger charge is 2.06. The summed E-state index contributed by atoms with van der Waals surface area (Å²) in [5, 5.41) is 2.64. The second-order valence-electron chi connectivity index (χ2n) is 3.46. The third-order valence-electron chi connectivity index (χ3n) is 1.86. The molecule has 0 atom stereocenters. The maximum atomic E-state index is 11.5.